The SMILES string of the molecule is CCCNc1nc(-c2ccsc2)nc(CCC)c1I. The molecular weight excluding hydrogens is 369 g/mol. The Hall–Kier alpha value is -0.690. The molecule has 0 saturated heterocycles. The van der Waals surface area contributed by atoms with Crippen LogP contribution in [0.15, 0.2) is 16.8 Å². The molecule has 2 heterocycles. The molecule has 0 aliphatic rings. The first-order chi connectivity index (χ1) is 9.26. The molecule has 0 aliphatic carbocycles. The zero-order chi connectivity index (χ0) is 13.7. The molecule has 1 N–H and O–H groups in total. The predicted octanol–water partition coefficient (Wildman–Crippen LogP) is 4.58. The number of hydrogen-bond acceptors (Lipinski definition) is 4. The second kappa shape index (κ2) is 7.19. The van der Waals surface area contributed by atoms with E-state index in [-0.39, 0.29) is 0 Å². The average Bonchev–Trinajstić information content (AvgIpc) is 2.94. The predicted molar refractivity (Wildman–Crippen MR) is 90.8 cm³/mol. The smallest absolute Gasteiger partial charge is 0.162 e. The van der Waals surface area contributed by atoms with Gasteiger partial charge in [0.1, 0.15) is 5.82 Å². The van der Waals surface area contributed by atoms with Crippen molar-refractivity contribution in [2.24, 2.45) is 0 Å². The molecular formula is C14H18IN3S. The molecule has 0 unspecified atom stereocenters. The quantitative estimate of drug-likeness (QED) is 0.738. The zero-order valence-corrected chi connectivity index (χ0v) is 14.2. The van der Waals surface area contributed by atoms with Crippen molar-refractivity contribution < 1.29 is 0 Å². The highest BCUT2D eigenvalue weighted by molar-refractivity contribution is 14.1. The van der Waals surface area contributed by atoms with E-state index in [9.17, 15) is 0 Å². The summed E-state index contributed by atoms with van der Waals surface area (Å²) in [5.74, 6) is 1.81. The van der Waals surface area contributed by atoms with Gasteiger partial charge in [0.15, 0.2) is 5.82 Å². The van der Waals surface area contributed by atoms with Crippen molar-refractivity contribution in [1.82, 2.24) is 9.97 Å². The summed E-state index contributed by atoms with van der Waals surface area (Å²) >= 11 is 4.03. The topological polar surface area (TPSA) is 37.8 Å². The van der Waals surface area contributed by atoms with Gasteiger partial charge in [-0.3, -0.25) is 0 Å². The minimum absolute atomic E-state index is 0.837. The fourth-order valence-electron chi connectivity index (χ4n) is 1.78. The van der Waals surface area contributed by atoms with Crippen molar-refractivity contribution in [3.63, 3.8) is 0 Å². The maximum absolute atomic E-state index is 4.72. The number of thiophene rings is 1. The van der Waals surface area contributed by atoms with Crippen molar-refractivity contribution in [1.29, 1.82) is 0 Å². The number of anilines is 1. The Morgan fingerprint density at radius 1 is 1.26 bits per heavy atom. The third-order valence-corrected chi connectivity index (χ3v) is 4.55. The molecule has 0 radical (unpaired) electrons. The van der Waals surface area contributed by atoms with Crippen molar-refractivity contribution in [2.45, 2.75) is 33.1 Å². The Kier molecular flexibility index (Phi) is 5.57. The van der Waals surface area contributed by atoms with Crippen molar-refractivity contribution in [3.8, 4) is 11.4 Å². The van der Waals surface area contributed by atoms with Gasteiger partial charge in [-0.25, -0.2) is 9.97 Å². The Morgan fingerprint density at radius 3 is 2.74 bits per heavy atom. The Labute approximate surface area is 132 Å². The van der Waals surface area contributed by atoms with Crippen LogP contribution in [0.2, 0.25) is 0 Å². The van der Waals surface area contributed by atoms with Gasteiger partial charge in [0.25, 0.3) is 0 Å². The number of aryl methyl sites for hydroxylation is 1. The van der Waals surface area contributed by atoms with Gasteiger partial charge in [-0.05, 0) is 46.9 Å². The molecule has 0 bridgehead atoms. The summed E-state index contributed by atoms with van der Waals surface area (Å²) in [6, 6.07) is 2.08. The molecule has 3 nitrogen and oxygen atoms in total. The first-order valence-electron chi connectivity index (χ1n) is 6.59. The Balaban J connectivity index is 2.41. The molecule has 2 aromatic heterocycles. The summed E-state index contributed by atoms with van der Waals surface area (Å²) < 4.78 is 1.16. The van der Waals surface area contributed by atoms with Gasteiger partial charge in [-0.2, -0.15) is 11.3 Å². The van der Waals surface area contributed by atoms with Gasteiger partial charge in [0, 0.05) is 17.5 Å². The van der Waals surface area contributed by atoms with E-state index in [4.69, 9.17) is 4.98 Å². The van der Waals surface area contributed by atoms with Crippen LogP contribution in [0, 0.1) is 3.57 Å². The van der Waals surface area contributed by atoms with E-state index in [2.05, 4.69) is 63.6 Å². The maximum Gasteiger partial charge on any atom is 0.162 e. The second-order valence-corrected chi connectivity index (χ2v) is 6.20. The van der Waals surface area contributed by atoms with Crippen LogP contribution in [0.3, 0.4) is 0 Å². The van der Waals surface area contributed by atoms with Gasteiger partial charge in [-0.15, -0.1) is 0 Å². The van der Waals surface area contributed by atoms with E-state index < -0.39 is 0 Å². The molecule has 0 spiro atoms. The fourth-order valence-corrected chi connectivity index (χ4v) is 3.11. The lowest BCUT2D eigenvalue weighted by molar-refractivity contribution is 0.864. The van der Waals surface area contributed by atoms with Gasteiger partial charge in [0.2, 0.25) is 0 Å². The maximum atomic E-state index is 4.72. The number of hydrogen-bond donors (Lipinski definition) is 1. The van der Waals surface area contributed by atoms with Crippen molar-refractivity contribution in [2.75, 3.05) is 11.9 Å². The Bertz CT molecular complexity index is 526. The first kappa shape index (κ1) is 14.7. The molecule has 0 amide bonds. The van der Waals surface area contributed by atoms with Crippen LogP contribution in [0.4, 0.5) is 5.82 Å². The van der Waals surface area contributed by atoms with Crippen LogP contribution in [0.25, 0.3) is 11.4 Å². The molecule has 2 rings (SSSR count). The highest BCUT2D eigenvalue weighted by Gasteiger charge is 2.12. The molecule has 0 aromatic carbocycles. The van der Waals surface area contributed by atoms with E-state index in [1.165, 1.54) is 0 Å². The second-order valence-electron chi connectivity index (χ2n) is 4.35. The van der Waals surface area contributed by atoms with Crippen LogP contribution in [-0.4, -0.2) is 16.5 Å². The third kappa shape index (κ3) is 3.66. The van der Waals surface area contributed by atoms with Crippen LogP contribution in [0.5, 0.6) is 0 Å². The van der Waals surface area contributed by atoms with Crippen molar-refractivity contribution in [3.05, 3.63) is 26.1 Å². The largest absolute Gasteiger partial charge is 0.369 e. The first-order valence-corrected chi connectivity index (χ1v) is 8.61. The standard InChI is InChI=1S/C14H18IN3S/c1-3-5-11-12(15)14(16-7-4-2)18-13(17-11)10-6-8-19-9-10/h6,8-9H,3-5,7H2,1-2H3,(H,16,17,18). The normalized spacial score (nSPS) is 10.7. The van der Waals surface area contributed by atoms with E-state index in [1.54, 1.807) is 11.3 Å². The van der Waals surface area contributed by atoms with Gasteiger partial charge >= 0.3 is 0 Å². The minimum Gasteiger partial charge on any atom is -0.369 e. The van der Waals surface area contributed by atoms with E-state index in [1.807, 2.05) is 0 Å². The van der Waals surface area contributed by atoms with Crippen LogP contribution >= 0.6 is 33.9 Å². The van der Waals surface area contributed by atoms with Crippen LogP contribution in [-0.2, 0) is 6.42 Å². The lowest BCUT2D eigenvalue weighted by Crippen LogP contribution is -2.09. The molecule has 5 heteroatoms. The molecule has 0 fully saturated rings. The van der Waals surface area contributed by atoms with E-state index >= 15 is 0 Å². The zero-order valence-electron chi connectivity index (χ0n) is 11.2. The van der Waals surface area contributed by atoms with E-state index in [0.29, 0.717) is 0 Å². The van der Waals surface area contributed by atoms with Crippen LogP contribution < -0.4 is 5.32 Å². The lowest BCUT2D eigenvalue weighted by Gasteiger charge is -2.12. The molecule has 19 heavy (non-hydrogen) atoms. The number of nitrogens with zero attached hydrogens (tertiary/aromatic N) is 2. The molecule has 0 saturated carbocycles. The van der Waals surface area contributed by atoms with Crippen LogP contribution in [0.1, 0.15) is 32.4 Å². The van der Waals surface area contributed by atoms with Gasteiger partial charge in [-0.1, -0.05) is 20.3 Å². The average molecular weight is 387 g/mol. The summed E-state index contributed by atoms with van der Waals surface area (Å²) in [4.78, 5) is 9.39. The number of aromatic nitrogens is 2. The number of nitrogens with one attached hydrogen (secondary N) is 1. The third-order valence-electron chi connectivity index (χ3n) is 2.73. The minimum atomic E-state index is 0.837. The summed E-state index contributed by atoms with van der Waals surface area (Å²) in [5, 5.41) is 7.57. The molecule has 2 aromatic rings. The number of rotatable bonds is 6. The fraction of sp³-hybridized carbons (Fsp3) is 0.429. The molecule has 0 aliphatic heterocycles. The van der Waals surface area contributed by atoms with Crippen molar-refractivity contribution >= 4 is 39.7 Å². The number of halogens is 1. The van der Waals surface area contributed by atoms with E-state index in [0.717, 1.165) is 52.3 Å². The van der Waals surface area contributed by atoms with Gasteiger partial charge in [0.05, 0.1) is 9.26 Å². The Morgan fingerprint density at radius 2 is 2.11 bits per heavy atom. The summed E-state index contributed by atoms with van der Waals surface area (Å²) in [6.07, 6.45) is 3.19. The van der Waals surface area contributed by atoms with Gasteiger partial charge < -0.3 is 5.32 Å². The summed E-state index contributed by atoms with van der Waals surface area (Å²) in [7, 11) is 0. The summed E-state index contributed by atoms with van der Waals surface area (Å²) in [6.45, 7) is 5.29. The lowest BCUT2D eigenvalue weighted by atomic mass is 10.2. The monoisotopic (exact) mass is 387 g/mol. The highest BCUT2D eigenvalue weighted by atomic mass is 127. The molecule has 102 valence electrons. The summed E-state index contributed by atoms with van der Waals surface area (Å²) in [5.41, 5.74) is 2.26. The highest BCUT2D eigenvalue weighted by Crippen LogP contribution is 2.26. The molecule has 0 atom stereocenters.